The number of carbonyl (C=O) groups is 1. The van der Waals surface area contributed by atoms with Gasteiger partial charge in [0.1, 0.15) is 0 Å². The van der Waals surface area contributed by atoms with Gasteiger partial charge in [0.2, 0.25) is 0 Å². The molecule has 0 radical (unpaired) electrons. The second-order valence-corrected chi connectivity index (χ2v) is 5.59. The highest BCUT2D eigenvalue weighted by Gasteiger charge is 2.31. The van der Waals surface area contributed by atoms with Crippen LogP contribution in [0.5, 0.6) is 0 Å². The first-order chi connectivity index (χ1) is 9.95. The first-order valence-corrected chi connectivity index (χ1v) is 7.14. The molecule has 1 aromatic rings. The van der Waals surface area contributed by atoms with Crippen molar-refractivity contribution in [2.45, 2.75) is 44.3 Å². The van der Waals surface area contributed by atoms with Gasteiger partial charge in [-0.3, -0.25) is 4.79 Å². The van der Waals surface area contributed by atoms with Crippen molar-refractivity contribution >= 4 is 5.78 Å². The lowest BCUT2D eigenvalue weighted by Crippen LogP contribution is -2.31. The van der Waals surface area contributed by atoms with Crippen LogP contribution in [0, 0.1) is 0 Å². The summed E-state index contributed by atoms with van der Waals surface area (Å²) in [5.41, 5.74) is 2.09. The summed E-state index contributed by atoms with van der Waals surface area (Å²) in [5, 5.41) is 3.34. The van der Waals surface area contributed by atoms with Crippen LogP contribution in [0.4, 0.5) is 13.2 Å². The highest BCUT2D eigenvalue weighted by atomic mass is 19.4. The molecule has 0 saturated carbocycles. The van der Waals surface area contributed by atoms with Gasteiger partial charge in [-0.25, -0.2) is 0 Å². The Morgan fingerprint density at radius 3 is 2.43 bits per heavy atom. The molecule has 1 atom stereocenters. The summed E-state index contributed by atoms with van der Waals surface area (Å²) in [6.07, 6.45) is -0.513. The Morgan fingerprint density at radius 1 is 1.05 bits per heavy atom. The molecule has 1 N–H and O–H groups in total. The summed E-state index contributed by atoms with van der Waals surface area (Å²) in [6, 6.07) is 5.28. The predicted molar refractivity (Wildman–Crippen MR) is 72.4 cm³/mol. The van der Waals surface area contributed by atoms with E-state index in [0.29, 0.717) is 12.8 Å². The topological polar surface area (TPSA) is 29.1 Å². The van der Waals surface area contributed by atoms with Crippen molar-refractivity contribution in [3.63, 3.8) is 0 Å². The second kappa shape index (κ2) is 5.20. The average molecular weight is 295 g/mol. The van der Waals surface area contributed by atoms with Crippen LogP contribution in [0.15, 0.2) is 35.5 Å². The van der Waals surface area contributed by atoms with Crippen LogP contribution in [-0.4, -0.2) is 5.78 Å². The fourth-order valence-electron chi connectivity index (χ4n) is 3.07. The van der Waals surface area contributed by atoms with Crippen molar-refractivity contribution in [3.05, 3.63) is 46.7 Å². The molecule has 3 rings (SSSR count). The Hall–Kier alpha value is -1.78. The van der Waals surface area contributed by atoms with E-state index < -0.39 is 11.7 Å². The van der Waals surface area contributed by atoms with E-state index in [1.54, 1.807) is 0 Å². The summed E-state index contributed by atoms with van der Waals surface area (Å²) in [6.45, 7) is 0. The number of alkyl halides is 3. The van der Waals surface area contributed by atoms with Crippen LogP contribution in [0.1, 0.15) is 49.3 Å². The van der Waals surface area contributed by atoms with E-state index in [2.05, 4.69) is 5.32 Å². The molecule has 2 nitrogen and oxygen atoms in total. The molecule has 0 bridgehead atoms. The highest BCUT2D eigenvalue weighted by Crippen LogP contribution is 2.35. The number of hydrogen-bond acceptors (Lipinski definition) is 2. The monoisotopic (exact) mass is 295 g/mol. The normalized spacial score (nSPS) is 22.8. The number of nitrogens with one attached hydrogen (secondary N) is 1. The molecule has 1 aromatic carbocycles. The molecule has 1 heterocycles. The van der Waals surface area contributed by atoms with Gasteiger partial charge in [0.25, 0.3) is 0 Å². The molecule has 1 aliphatic carbocycles. The van der Waals surface area contributed by atoms with Crippen molar-refractivity contribution in [1.82, 2.24) is 5.32 Å². The van der Waals surface area contributed by atoms with Gasteiger partial charge >= 0.3 is 6.18 Å². The van der Waals surface area contributed by atoms with Gasteiger partial charge in [-0.1, -0.05) is 12.1 Å². The second-order valence-electron chi connectivity index (χ2n) is 5.59. The van der Waals surface area contributed by atoms with Crippen LogP contribution in [-0.2, 0) is 11.0 Å². The van der Waals surface area contributed by atoms with Crippen molar-refractivity contribution in [2.24, 2.45) is 0 Å². The molecule has 0 unspecified atom stereocenters. The Kier molecular flexibility index (Phi) is 3.51. The number of halogens is 3. The first-order valence-electron chi connectivity index (χ1n) is 7.14. The number of benzene rings is 1. The maximum Gasteiger partial charge on any atom is 0.416 e. The van der Waals surface area contributed by atoms with Crippen LogP contribution >= 0.6 is 0 Å². The van der Waals surface area contributed by atoms with Gasteiger partial charge in [0.15, 0.2) is 5.78 Å². The van der Waals surface area contributed by atoms with Crippen molar-refractivity contribution in [2.75, 3.05) is 0 Å². The van der Waals surface area contributed by atoms with Gasteiger partial charge in [0, 0.05) is 17.7 Å². The minimum Gasteiger partial charge on any atom is -0.381 e. The fourth-order valence-corrected chi connectivity index (χ4v) is 3.07. The van der Waals surface area contributed by atoms with Gasteiger partial charge in [-0.2, -0.15) is 13.2 Å². The molecule has 0 spiro atoms. The molecule has 0 amide bonds. The molecule has 112 valence electrons. The number of rotatable bonds is 1. The fraction of sp³-hybridized carbons (Fsp3) is 0.438. The predicted octanol–water partition coefficient (Wildman–Crippen LogP) is 4.14. The summed E-state index contributed by atoms with van der Waals surface area (Å²) in [7, 11) is 0. The maximum atomic E-state index is 12.6. The third-order valence-electron chi connectivity index (χ3n) is 4.20. The van der Waals surface area contributed by atoms with Gasteiger partial charge in [-0.15, -0.1) is 0 Å². The molecule has 0 fully saturated rings. The summed E-state index contributed by atoms with van der Waals surface area (Å²) in [5.74, 6) is 0.217. The quantitative estimate of drug-likeness (QED) is 0.843. The Morgan fingerprint density at radius 2 is 1.76 bits per heavy atom. The van der Waals surface area contributed by atoms with E-state index >= 15 is 0 Å². The lowest BCUT2D eigenvalue weighted by Gasteiger charge is -2.32. The van der Waals surface area contributed by atoms with E-state index in [1.807, 2.05) is 0 Å². The molecule has 2 aliphatic rings. The molecular weight excluding hydrogens is 279 g/mol. The van der Waals surface area contributed by atoms with Crippen molar-refractivity contribution < 1.29 is 18.0 Å². The van der Waals surface area contributed by atoms with E-state index in [9.17, 15) is 18.0 Å². The van der Waals surface area contributed by atoms with Gasteiger partial charge in [-0.05, 0) is 43.4 Å². The Labute approximate surface area is 121 Å². The van der Waals surface area contributed by atoms with E-state index in [0.717, 1.165) is 48.2 Å². The van der Waals surface area contributed by atoms with E-state index in [1.165, 1.54) is 12.1 Å². The molecule has 0 aromatic heterocycles. The van der Waals surface area contributed by atoms with Crippen molar-refractivity contribution in [3.8, 4) is 0 Å². The SMILES string of the molecule is O=C1CCCC2=C1CC[C@@H](c1ccc(C(F)(F)F)cc1)N2. The van der Waals surface area contributed by atoms with Crippen LogP contribution in [0.25, 0.3) is 0 Å². The smallest absolute Gasteiger partial charge is 0.381 e. The molecule has 21 heavy (non-hydrogen) atoms. The molecule has 0 saturated heterocycles. The third kappa shape index (κ3) is 2.82. The minimum absolute atomic E-state index is 0.00284. The Bertz CT molecular complexity index is 587. The highest BCUT2D eigenvalue weighted by molar-refractivity contribution is 5.97. The van der Waals surface area contributed by atoms with E-state index in [-0.39, 0.29) is 11.8 Å². The van der Waals surface area contributed by atoms with Gasteiger partial charge in [0.05, 0.1) is 11.6 Å². The van der Waals surface area contributed by atoms with Crippen LogP contribution in [0.3, 0.4) is 0 Å². The molecular formula is C16H16F3NO. The average Bonchev–Trinajstić information content (AvgIpc) is 2.46. The number of hydrogen-bond donors (Lipinski definition) is 1. The van der Waals surface area contributed by atoms with Crippen LogP contribution < -0.4 is 5.32 Å². The number of Topliss-reactive ketones (excluding diaryl/α,β-unsaturated/α-hetero) is 1. The van der Waals surface area contributed by atoms with Crippen molar-refractivity contribution in [1.29, 1.82) is 0 Å². The lowest BCUT2D eigenvalue weighted by atomic mass is 9.85. The summed E-state index contributed by atoms with van der Waals surface area (Å²) < 4.78 is 37.7. The Balaban J connectivity index is 1.79. The lowest BCUT2D eigenvalue weighted by molar-refractivity contribution is -0.137. The maximum absolute atomic E-state index is 12.6. The number of carbonyl (C=O) groups excluding carboxylic acids is 1. The summed E-state index contributed by atoms with van der Waals surface area (Å²) >= 11 is 0. The zero-order chi connectivity index (χ0) is 15.0. The summed E-state index contributed by atoms with van der Waals surface area (Å²) in [4.78, 5) is 11.8. The van der Waals surface area contributed by atoms with Crippen LogP contribution in [0.2, 0.25) is 0 Å². The third-order valence-corrected chi connectivity index (χ3v) is 4.20. The zero-order valence-electron chi connectivity index (χ0n) is 11.5. The number of ketones is 1. The molecule has 5 heteroatoms. The molecule has 1 aliphatic heterocycles. The standard InChI is InChI=1S/C16H16F3NO/c17-16(18,19)11-6-4-10(5-7-11)13-9-8-12-14(20-13)2-1-3-15(12)21/h4-7,13,20H,1-3,8-9H2/t13-/m0/s1. The van der Waals surface area contributed by atoms with Gasteiger partial charge < -0.3 is 5.32 Å². The first kappa shape index (κ1) is 14.2. The van der Waals surface area contributed by atoms with E-state index in [4.69, 9.17) is 0 Å². The minimum atomic E-state index is -4.30. The number of allylic oxidation sites excluding steroid dienone is 2. The zero-order valence-corrected chi connectivity index (χ0v) is 11.5. The largest absolute Gasteiger partial charge is 0.416 e.